The van der Waals surface area contributed by atoms with Crippen LogP contribution in [0.5, 0.6) is 0 Å². The summed E-state index contributed by atoms with van der Waals surface area (Å²) in [5.74, 6) is 0.0322. The number of ether oxygens (including phenoxy) is 1. The minimum atomic E-state index is -0.149. The molecule has 6 nitrogen and oxygen atoms in total. The van der Waals surface area contributed by atoms with E-state index in [1.807, 2.05) is 0 Å². The average Bonchev–Trinajstić information content (AvgIpc) is 3.27. The Kier molecular flexibility index (Phi) is 5.79. The van der Waals surface area contributed by atoms with Crippen LogP contribution in [0.4, 0.5) is 0 Å². The van der Waals surface area contributed by atoms with Crippen molar-refractivity contribution in [2.45, 2.75) is 31.7 Å². The van der Waals surface area contributed by atoms with Crippen LogP contribution < -0.4 is 5.32 Å². The lowest BCUT2D eigenvalue weighted by Gasteiger charge is -2.34. The average molecular weight is 283 g/mol. The van der Waals surface area contributed by atoms with Crippen LogP contribution in [0.25, 0.3) is 0 Å². The van der Waals surface area contributed by atoms with Gasteiger partial charge in [0.05, 0.1) is 13.5 Å². The molecular weight excluding hydrogens is 258 g/mol. The highest BCUT2D eigenvalue weighted by Gasteiger charge is 2.23. The molecule has 0 aromatic heterocycles. The first-order valence-electron chi connectivity index (χ1n) is 7.48. The molecular formula is C14H25N3O3. The lowest BCUT2D eigenvalue weighted by atomic mass is 10.2. The zero-order valence-electron chi connectivity index (χ0n) is 12.3. The first-order valence-corrected chi connectivity index (χ1v) is 7.48. The van der Waals surface area contributed by atoms with Gasteiger partial charge >= 0.3 is 5.97 Å². The van der Waals surface area contributed by atoms with Gasteiger partial charge in [-0.1, -0.05) is 0 Å². The molecule has 0 radical (unpaired) electrons. The van der Waals surface area contributed by atoms with Crippen molar-refractivity contribution in [3.05, 3.63) is 0 Å². The van der Waals surface area contributed by atoms with Crippen molar-refractivity contribution in [1.29, 1.82) is 0 Å². The third kappa shape index (κ3) is 5.46. The second-order valence-corrected chi connectivity index (χ2v) is 5.60. The molecule has 1 N–H and O–H groups in total. The molecule has 2 rings (SSSR count). The van der Waals surface area contributed by atoms with Gasteiger partial charge in [-0.25, -0.2) is 0 Å². The van der Waals surface area contributed by atoms with Crippen molar-refractivity contribution < 1.29 is 14.3 Å². The number of rotatable bonds is 7. The van der Waals surface area contributed by atoms with Crippen molar-refractivity contribution in [3.63, 3.8) is 0 Å². The van der Waals surface area contributed by atoms with E-state index in [1.165, 1.54) is 7.11 Å². The second-order valence-electron chi connectivity index (χ2n) is 5.60. The summed E-state index contributed by atoms with van der Waals surface area (Å²) in [5, 5.41) is 3.01. The lowest BCUT2D eigenvalue weighted by Crippen LogP contribution is -2.47. The quantitative estimate of drug-likeness (QED) is 0.658. The van der Waals surface area contributed by atoms with Crippen LogP contribution in [0.15, 0.2) is 0 Å². The molecule has 0 aromatic carbocycles. The first-order chi connectivity index (χ1) is 9.67. The number of piperazine rings is 1. The van der Waals surface area contributed by atoms with Gasteiger partial charge in [0.15, 0.2) is 0 Å². The number of methoxy groups -OCH3 is 1. The van der Waals surface area contributed by atoms with Gasteiger partial charge in [0.25, 0.3) is 0 Å². The molecule has 1 aliphatic carbocycles. The summed E-state index contributed by atoms with van der Waals surface area (Å²) in [6.07, 6.45) is 3.34. The van der Waals surface area contributed by atoms with Gasteiger partial charge in [-0.3, -0.25) is 9.59 Å². The van der Waals surface area contributed by atoms with Crippen LogP contribution in [0.3, 0.4) is 0 Å². The molecule has 0 unspecified atom stereocenters. The summed E-state index contributed by atoms with van der Waals surface area (Å²) < 4.78 is 4.64. The van der Waals surface area contributed by atoms with Crippen molar-refractivity contribution in [2.24, 2.45) is 0 Å². The van der Waals surface area contributed by atoms with Gasteiger partial charge in [-0.05, 0) is 12.8 Å². The fourth-order valence-electron chi connectivity index (χ4n) is 2.38. The van der Waals surface area contributed by atoms with Crippen LogP contribution in [0.2, 0.25) is 0 Å². The zero-order chi connectivity index (χ0) is 14.4. The highest BCUT2D eigenvalue weighted by molar-refractivity contribution is 5.76. The van der Waals surface area contributed by atoms with Crippen molar-refractivity contribution in [1.82, 2.24) is 15.1 Å². The predicted octanol–water partition coefficient (Wildman–Crippen LogP) is -0.164. The van der Waals surface area contributed by atoms with E-state index in [-0.39, 0.29) is 11.9 Å². The van der Waals surface area contributed by atoms with Gasteiger partial charge in [-0.15, -0.1) is 0 Å². The number of amides is 1. The Morgan fingerprint density at radius 2 is 1.60 bits per heavy atom. The van der Waals surface area contributed by atoms with E-state index in [0.29, 0.717) is 18.9 Å². The topological polar surface area (TPSA) is 61.9 Å². The van der Waals surface area contributed by atoms with E-state index >= 15 is 0 Å². The summed E-state index contributed by atoms with van der Waals surface area (Å²) in [5.41, 5.74) is 0. The fourth-order valence-corrected chi connectivity index (χ4v) is 2.38. The smallest absolute Gasteiger partial charge is 0.306 e. The summed E-state index contributed by atoms with van der Waals surface area (Å²) in [6, 6.07) is 0.456. The SMILES string of the molecule is COC(=O)CCN1CCN(CCC(=O)NC2CC2)CC1. The Hall–Kier alpha value is -1.14. The maximum atomic E-state index is 11.6. The van der Waals surface area contributed by atoms with Gasteiger partial charge in [0.1, 0.15) is 0 Å². The van der Waals surface area contributed by atoms with E-state index in [9.17, 15) is 9.59 Å². The normalized spacial score (nSPS) is 20.6. The minimum absolute atomic E-state index is 0.149. The maximum Gasteiger partial charge on any atom is 0.306 e. The summed E-state index contributed by atoms with van der Waals surface area (Å²) >= 11 is 0. The van der Waals surface area contributed by atoms with Crippen LogP contribution in [-0.2, 0) is 14.3 Å². The number of carbonyl (C=O) groups excluding carboxylic acids is 2. The third-order valence-electron chi connectivity index (χ3n) is 3.92. The maximum absolute atomic E-state index is 11.6. The highest BCUT2D eigenvalue weighted by Crippen LogP contribution is 2.18. The van der Waals surface area contributed by atoms with Crippen LogP contribution in [0.1, 0.15) is 25.7 Å². The Morgan fingerprint density at radius 3 is 2.10 bits per heavy atom. The molecule has 2 aliphatic rings. The van der Waals surface area contributed by atoms with Crippen LogP contribution >= 0.6 is 0 Å². The fraction of sp³-hybridized carbons (Fsp3) is 0.857. The number of nitrogens with zero attached hydrogens (tertiary/aromatic N) is 2. The van der Waals surface area contributed by atoms with Gasteiger partial charge in [0.2, 0.25) is 5.91 Å². The lowest BCUT2D eigenvalue weighted by molar-refractivity contribution is -0.141. The molecule has 114 valence electrons. The monoisotopic (exact) mass is 283 g/mol. The second kappa shape index (κ2) is 7.59. The van der Waals surface area contributed by atoms with E-state index in [0.717, 1.165) is 52.1 Å². The number of hydrogen-bond donors (Lipinski definition) is 1. The molecule has 1 saturated carbocycles. The van der Waals surface area contributed by atoms with Crippen molar-refractivity contribution in [2.75, 3.05) is 46.4 Å². The van der Waals surface area contributed by atoms with E-state index in [1.54, 1.807) is 0 Å². The van der Waals surface area contributed by atoms with E-state index in [4.69, 9.17) is 0 Å². The van der Waals surface area contributed by atoms with Crippen molar-refractivity contribution in [3.8, 4) is 0 Å². The third-order valence-corrected chi connectivity index (χ3v) is 3.92. The molecule has 1 heterocycles. The van der Waals surface area contributed by atoms with E-state index < -0.39 is 0 Å². The Balaban J connectivity index is 1.54. The van der Waals surface area contributed by atoms with Gasteiger partial charge in [0, 0.05) is 51.7 Å². The Bertz CT molecular complexity index is 337. The number of carbonyl (C=O) groups is 2. The van der Waals surface area contributed by atoms with E-state index in [2.05, 4.69) is 19.9 Å². The number of esters is 1. The molecule has 0 atom stereocenters. The summed E-state index contributed by atoms with van der Waals surface area (Å²) in [6.45, 7) is 5.46. The largest absolute Gasteiger partial charge is 0.469 e. The molecule has 2 fully saturated rings. The number of nitrogens with one attached hydrogen (secondary N) is 1. The standard InChI is InChI=1S/C14H25N3O3/c1-20-14(19)5-7-17-10-8-16(9-11-17)6-4-13(18)15-12-2-3-12/h12H,2-11H2,1H3,(H,15,18). The molecule has 0 aromatic rings. The summed E-state index contributed by atoms with van der Waals surface area (Å²) in [7, 11) is 1.42. The molecule has 1 amide bonds. The predicted molar refractivity (Wildman–Crippen MR) is 75.3 cm³/mol. The van der Waals surface area contributed by atoms with Gasteiger partial charge in [-0.2, -0.15) is 0 Å². The van der Waals surface area contributed by atoms with Crippen molar-refractivity contribution >= 4 is 11.9 Å². The highest BCUT2D eigenvalue weighted by atomic mass is 16.5. The molecule has 0 bridgehead atoms. The van der Waals surface area contributed by atoms with Gasteiger partial charge < -0.3 is 19.9 Å². The molecule has 6 heteroatoms. The van der Waals surface area contributed by atoms with Crippen LogP contribution in [0, 0.1) is 0 Å². The zero-order valence-corrected chi connectivity index (χ0v) is 12.3. The Labute approximate surface area is 120 Å². The molecule has 0 spiro atoms. The molecule has 1 aliphatic heterocycles. The van der Waals surface area contributed by atoms with Crippen LogP contribution in [-0.4, -0.2) is 74.1 Å². The number of hydrogen-bond acceptors (Lipinski definition) is 5. The first kappa shape index (κ1) is 15.3. The minimum Gasteiger partial charge on any atom is -0.469 e. The Morgan fingerprint density at radius 1 is 1.05 bits per heavy atom. The summed E-state index contributed by atoms with van der Waals surface area (Å²) in [4.78, 5) is 27.3. The molecule has 1 saturated heterocycles. The molecule has 20 heavy (non-hydrogen) atoms.